The van der Waals surface area contributed by atoms with E-state index in [2.05, 4.69) is 67.2 Å². The monoisotopic (exact) mass is 312 g/mol. The van der Waals surface area contributed by atoms with Gasteiger partial charge in [0.05, 0.1) is 8.07 Å². The zero-order valence-electron chi connectivity index (χ0n) is 14.3. The van der Waals surface area contributed by atoms with Gasteiger partial charge in [0.15, 0.2) is 0 Å². The van der Waals surface area contributed by atoms with Crippen molar-refractivity contribution in [2.45, 2.75) is 51.9 Å². The van der Waals surface area contributed by atoms with E-state index in [1.54, 1.807) is 5.20 Å². The molecule has 0 fully saturated rings. The maximum absolute atomic E-state index is 3.72. The average Bonchev–Trinajstić information content (AvgIpc) is 2.86. The molecule has 3 heteroatoms. The highest BCUT2D eigenvalue weighted by Crippen LogP contribution is 2.33. The van der Waals surface area contributed by atoms with Crippen molar-refractivity contribution in [3.05, 3.63) is 46.8 Å². The lowest BCUT2D eigenvalue weighted by atomic mass is 9.96. The number of aromatic nitrogens is 1. The highest BCUT2D eigenvalue weighted by Gasteiger charge is 2.25. The molecule has 118 valence electrons. The summed E-state index contributed by atoms with van der Waals surface area (Å²) in [6.07, 6.45) is 5.92. The first-order valence-electron chi connectivity index (χ1n) is 8.49. The summed E-state index contributed by atoms with van der Waals surface area (Å²) in [4.78, 5) is 3.68. The van der Waals surface area contributed by atoms with Crippen LogP contribution in [-0.4, -0.2) is 19.6 Å². The number of nitrogens with one attached hydrogen (secondary N) is 2. The molecule has 2 N–H and O–H groups in total. The fourth-order valence-corrected chi connectivity index (χ4v) is 5.52. The normalized spacial score (nSPS) is 19.5. The van der Waals surface area contributed by atoms with Crippen LogP contribution in [0.2, 0.25) is 19.6 Å². The molecule has 0 saturated heterocycles. The smallest absolute Gasteiger partial charge is 0.0720 e. The average molecular weight is 313 g/mol. The van der Waals surface area contributed by atoms with Crippen LogP contribution in [0.1, 0.15) is 37.1 Å². The number of rotatable bonds is 4. The predicted molar refractivity (Wildman–Crippen MR) is 99.1 cm³/mol. The summed E-state index contributed by atoms with van der Waals surface area (Å²) >= 11 is 0. The minimum absolute atomic E-state index is 0.474. The first kappa shape index (κ1) is 15.6. The van der Waals surface area contributed by atoms with E-state index in [0.29, 0.717) is 6.04 Å². The molecule has 0 spiro atoms. The van der Waals surface area contributed by atoms with Crippen LogP contribution in [0.3, 0.4) is 0 Å². The van der Waals surface area contributed by atoms with Gasteiger partial charge < -0.3 is 10.3 Å². The Labute approximate surface area is 135 Å². The quantitative estimate of drug-likeness (QED) is 0.767. The highest BCUT2D eigenvalue weighted by atomic mass is 28.3. The molecule has 0 radical (unpaired) electrons. The molecule has 22 heavy (non-hydrogen) atoms. The van der Waals surface area contributed by atoms with Crippen LogP contribution >= 0.6 is 0 Å². The van der Waals surface area contributed by atoms with Gasteiger partial charge >= 0.3 is 0 Å². The highest BCUT2D eigenvalue weighted by molar-refractivity contribution is 6.83. The molecular weight excluding hydrogens is 284 g/mol. The van der Waals surface area contributed by atoms with Gasteiger partial charge in [-0.2, -0.15) is 0 Å². The Balaban J connectivity index is 1.83. The van der Waals surface area contributed by atoms with Gasteiger partial charge in [-0.25, -0.2) is 0 Å². The molecule has 1 aromatic carbocycles. The summed E-state index contributed by atoms with van der Waals surface area (Å²) in [5.41, 5.74) is 4.26. The Morgan fingerprint density at radius 3 is 2.77 bits per heavy atom. The lowest BCUT2D eigenvalue weighted by Crippen LogP contribution is -2.31. The minimum Gasteiger partial charge on any atom is -0.357 e. The lowest BCUT2D eigenvalue weighted by Gasteiger charge is -2.27. The van der Waals surface area contributed by atoms with E-state index in [0.717, 1.165) is 13.0 Å². The van der Waals surface area contributed by atoms with Crippen LogP contribution in [0.5, 0.6) is 0 Å². The first-order valence-corrected chi connectivity index (χ1v) is 12.0. The van der Waals surface area contributed by atoms with Crippen LogP contribution in [0.15, 0.2) is 35.5 Å². The van der Waals surface area contributed by atoms with Crippen molar-refractivity contribution in [3.8, 4) is 0 Å². The molecule has 0 bridgehead atoms. The van der Waals surface area contributed by atoms with Crippen molar-refractivity contribution in [2.75, 3.05) is 6.54 Å². The Kier molecular flexibility index (Phi) is 4.28. The van der Waals surface area contributed by atoms with Crippen molar-refractivity contribution >= 4 is 19.0 Å². The van der Waals surface area contributed by atoms with Crippen LogP contribution in [0.4, 0.5) is 0 Å². The molecular formula is C19H28N2Si. The molecule has 1 aromatic heterocycles. The fraction of sp³-hybridized carbons (Fsp3) is 0.474. The van der Waals surface area contributed by atoms with Gasteiger partial charge in [0.1, 0.15) is 0 Å². The summed E-state index contributed by atoms with van der Waals surface area (Å²) < 4.78 is 0. The summed E-state index contributed by atoms with van der Waals surface area (Å²) in [5.74, 6) is 0. The molecule has 1 atom stereocenters. The first-order chi connectivity index (χ1) is 10.5. The van der Waals surface area contributed by atoms with Gasteiger partial charge in [-0.15, -0.1) is 0 Å². The van der Waals surface area contributed by atoms with E-state index >= 15 is 0 Å². The second-order valence-corrected chi connectivity index (χ2v) is 12.6. The number of aromatic amines is 1. The Morgan fingerprint density at radius 1 is 1.27 bits per heavy atom. The summed E-state index contributed by atoms with van der Waals surface area (Å²) in [5, 5.41) is 6.83. The number of allylic oxidation sites excluding steroid dienone is 2. The van der Waals surface area contributed by atoms with E-state index in [9.17, 15) is 0 Å². The van der Waals surface area contributed by atoms with Crippen LogP contribution in [0, 0.1) is 0 Å². The maximum atomic E-state index is 3.72. The van der Waals surface area contributed by atoms with Crippen molar-refractivity contribution in [1.29, 1.82) is 0 Å². The largest absolute Gasteiger partial charge is 0.357 e. The molecule has 2 nitrogen and oxygen atoms in total. The van der Waals surface area contributed by atoms with Gasteiger partial charge in [-0.1, -0.05) is 49.1 Å². The van der Waals surface area contributed by atoms with Crippen molar-refractivity contribution in [1.82, 2.24) is 10.3 Å². The molecule has 0 aliphatic carbocycles. The molecule has 2 heterocycles. The molecule has 0 amide bonds. The fourth-order valence-electron chi connectivity index (χ4n) is 3.76. The molecule has 1 aliphatic rings. The molecule has 3 rings (SSSR count). The second kappa shape index (κ2) is 6.05. The number of benzene rings is 1. The lowest BCUT2D eigenvalue weighted by molar-refractivity contribution is 0.470. The Bertz CT molecular complexity index is 691. The van der Waals surface area contributed by atoms with E-state index in [1.165, 1.54) is 35.0 Å². The van der Waals surface area contributed by atoms with E-state index in [4.69, 9.17) is 0 Å². The number of para-hydroxylation sites is 1. The van der Waals surface area contributed by atoms with Gasteiger partial charge in [0, 0.05) is 22.6 Å². The number of hydrogen-bond donors (Lipinski definition) is 2. The van der Waals surface area contributed by atoms with E-state index in [1.807, 2.05) is 0 Å². The minimum atomic E-state index is -1.17. The Hall–Kier alpha value is -1.32. The number of hydrogen-bond acceptors (Lipinski definition) is 1. The predicted octanol–water partition coefficient (Wildman–Crippen LogP) is 4.96. The van der Waals surface area contributed by atoms with Gasteiger partial charge in [-0.3, -0.25) is 0 Å². The van der Waals surface area contributed by atoms with Crippen LogP contribution in [-0.2, 0) is 6.42 Å². The summed E-state index contributed by atoms with van der Waals surface area (Å²) in [6.45, 7) is 10.6. The third-order valence-electron chi connectivity index (χ3n) is 4.97. The van der Waals surface area contributed by atoms with Crippen LogP contribution < -0.4 is 5.32 Å². The number of H-pyrrole nitrogens is 1. The second-order valence-electron chi connectivity index (χ2n) is 7.42. The summed E-state index contributed by atoms with van der Waals surface area (Å²) in [6, 6.07) is 9.20. The standard InChI is InChI=1S/C19H28N2Si/c1-5-14(22(2,3)4)10-11-18-19-16(12-13-20-18)15-8-6-7-9-17(15)21-19/h5-9,18,20-21H,10-13H2,1-4H3/b14-5-. The number of fused-ring (bicyclic) bond motifs is 3. The van der Waals surface area contributed by atoms with Gasteiger partial charge in [0.25, 0.3) is 0 Å². The maximum Gasteiger partial charge on any atom is 0.0720 e. The zero-order chi connectivity index (χ0) is 15.7. The van der Waals surface area contributed by atoms with Gasteiger partial charge in [0.2, 0.25) is 0 Å². The van der Waals surface area contributed by atoms with Crippen molar-refractivity contribution in [2.24, 2.45) is 0 Å². The zero-order valence-corrected chi connectivity index (χ0v) is 15.3. The molecule has 2 aromatic rings. The third kappa shape index (κ3) is 2.92. The van der Waals surface area contributed by atoms with Gasteiger partial charge in [-0.05, 0) is 44.4 Å². The van der Waals surface area contributed by atoms with E-state index in [-0.39, 0.29) is 0 Å². The SMILES string of the molecule is C/C=C(/CCC1NCCc2c1[nH]c1ccccc21)[Si](C)(C)C. The van der Waals surface area contributed by atoms with E-state index < -0.39 is 8.07 Å². The third-order valence-corrected chi connectivity index (χ3v) is 7.44. The van der Waals surface area contributed by atoms with Crippen molar-refractivity contribution < 1.29 is 0 Å². The van der Waals surface area contributed by atoms with Crippen LogP contribution in [0.25, 0.3) is 10.9 Å². The van der Waals surface area contributed by atoms with Crippen molar-refractivity contribution in [3.63, 3.8) is 0 Å². The molecule has 1 aliphatic heterocycles. The molecule has 0 saturated carbocycles. The topological polar surface area (TPSA) is 27.8 Å². The molecule has 1 unspecified atom stereocenters. The summed E-state index contributed by atoms with van der Waals surface area (Å²) in [7, 11) is -1.17. The Morgan fingerprint density at radius 2 is 2.05 bits per heavy atom.